The molecule has 0 aliphatic heterocycles. The van der Waals surface area contributed by atoms with Crippen molar-refractivity contribution in [1.29, 1.82) is 0 Å². The van der Waals surface area contributed by atoms with E-state index in [1.54, 1.807) is 0 Å². The molecule has 0 rings (SSSR count). The second-order valence-electron chi connectivity index (χ2n) is 0.937. The summed E-state index contributed by atoms with van der Waals surface area (Å²) < 4.78 is 17.3. The molecule has 0 spiro atoms. The van der Waals surface area contributed by atoms with E-state index in [2.05, 4.69) is 0 Å². The maximum absolute atomic E-state index is 8.66. The zero-order chi connectivity index (χ0) is 9.00. The molecular formula is H4O9P2Sn. The van der Waals surface area contributed by atoms with E-state index in [9.17, 15) is 0 Å². The summed E-state index contributed by atoms with van der Waals surface area (Å²) in [6, 6.07) is 0. The Morgan fingerprint density at radius 1 is 0.833 bits per heavy atom. The van der Waals surface area contributed by atoms with Crippen LogP contribution >= 0.6 is 15.6 Å². The Hall–Kier alpha value is 0.979. The van der Waals surface area contributed by atoms with Gasteiger partial charge in [-0.2, -0.15) is 0 Å². The van der Waals surface area contributed by atoms with Crippen molar-refractivity contribution in [2.45, 2.75) is 0 Å². The van der Waals surface area contributed by atoms with E-state index < -0.39 is 15.6 Å². The van der Waals surface area contributed by atoms with Crippen molar-refractivity contribution in [3.63, 3.8) is 0 Å². The molecule has 12 heteroatoms. The molecule has 72 valence electrons. The zero-order valence-electron chi connectivity index (χ0n) is 5.24. The molecule has 0 saturated carbocycles. The third-order valence-corrected chi connectivity index (χ3v) is 0. The Morgan fingerprint density at radius 2 is 0.833 bits per heavy atom. The summed E-state index contributed by atoms with van der Waals surface area (Å²) in [7, 11) is -10.3. The summed E-state index contributed by atoms with van der Waals surface area (Å²) in [5.74, 6) is 0. The number of phosphoric acid groups is 2. The van der Waals surface area contributed by atoms with Gasteiger partial charge in [-0.15, -0.1) is 0 Å². The first-order valence-electron chi connectivity index (χ1n) is 1.50. The van der Waals surface area contributed by atoms with Gasteiger partial charge in [0, 0.05) is 0 Å². The van der Waals surface area contributed by atoms with E-state index in [0.717, 1.165) is 0 Å². The van der Waals surface area contributed by atoms with Gasteiger partial charge in [-0.3, -0.25) is 0 Å². The molecule has 12 heavy (non-hydrogen) atoms. The summed E-state index contributed by atoms with van der Waals surface area (Å²) in [6.07, 6.45) is 0. The van der Waals surface area contributed by atoms with Gasteiger partial charge in [0.05, 0.1) is 15.6 Å². The van der Waals surface area contributed by atoms with Gasteiger partial charge >= 0.3 is 23.9 Å². The molecule has 0 atom stereocenters. The second-order valence-corrected chi connectivity index (χ2v) is 2.81. The van der Waals surface area contributed by atoms with Crippen molar-refractivity contribution >= 4 is 39.6 Å². The molecule has 4 N–H and O–H groups in total. The predicted molar refractivity (Wildman–Crippen MR) is 29.0 cm³/mol. The third-order valence-electron chi connectivity index (χ3n) is 0. The van der Waals surface area contributed by atoms with Crippen LogP contribution in [0.25, 0.3) is 0 Å². The van der Waals surface area contributed by atoms with Crippen molar-refractivity contribution in [2.75, 3.05) is 0 Å². The van der Waals surface area contributed by atoms with Gasteiger partial charge in [-0.05, 0) is 0 Å². The summed E-state index contributed by atoms with van der Waals surface area (Å²) in [4.78, 5) is 48.6. The molecule has 0 aliphatic rings. The minimum Gasteiger partial charge on any atom is -0.790 e. The van der Waals surface area contributed by atoms with Gasteiger partial charge < -0.3 is 44.0 Å². The average molecular weight is 329 g/mol. The first-order chi connectivity index (χ1) is 4.00. The molecular weight excluding hydrogens is 325 g/mol. The van der Waals surface area contributed by atoms with Crippen molar-refractivity contribution in [3.05, 3.63) is 0 Å². The maximum Gasteiger partial charge on any atom is 4.00 e. The van der Waals surface area contributed by atoms with Gasteiger partial charge in [0.15, 0.2) is 0 Å². The molecule has 0 bridgehead atoms. The van der Waals surface area contributed by atoms with Crippen molar-refractivity contribution in [1.82, 2.24) is 0 Å². The molecule has 0 aromatic carbocycles. The van der Waals surface area contributed by atoms with Gasteiger partial charge in [-0.25, -0.2) is 0 Å². The monoisotopic (exact) mass is 330 g/mol. The van der Waals surface area contributed by atoms with Gasteiger partial charge in [0.2, 0.25) is 0 Å². The van der Waals surface area contributed by atoms with Crippen molar-refractivity contribution < 1.29 is 44.0 Å². The topological polar surface area (TPSA) is 198 Å². The first-order valence-corrected chi connectivity index (χ1v) is 4.49. The van der Waals surface area contributed by atoms with Gasteiger partial charge in [0.1, 0.15) is 0 Å². The van der Waals surface area contributed by atoms with E-state index in [-0.39, 0.29) is 29.4 Å². The minimum absolute atomic E-state index is 0. The van der Waals surface area contributed by atoms with E-state index in [0.29, 0.717) is 0 Å². The van der Waals surface area contributed by atoms with Crippen LogP contribution in [0.2, 0.25) is 0 Å². The Morgan fingerprint density at radius 3 is 0.833 bits per heavy atom. The van der Waals surface area contributed by atoms with Crippen LogP contribution in [0.3, 0.4) is 0 Å². The van der Waals surface area contributed by atoms with E-state index in [4.69, 9.17) is 38.5 Å². The third kappa shape index (κ3) is 1140. The maximum atomic E-state index is 8.66. The fraction of sp³-hybridized carbons (Fsp3) is 0. The minimum atomic E-state index is -5.14. The fourth-order valence-electron chi connectivity index (χ4n) is 0. The summed E-state index contributed by atoms with van der Waals surface area (Å²) in [6.45, 7) is 0. The Bertz CT molecular complexity index is 125. The fourth-order valence-corrected chi connectivity index (χ4v) is 0. The van der Waals surface area contributed by atoms with E-state index >= 15 is 0 Å². The van der Waals surface area contributed by atoms with E-state index in [1.807, 2.05) is 0 Å². The Kier molecular flexibility index (Phi) is 16.5. The number of hydrogen-bond acceptors (Lipinski definition) is 6. The van der Waals surface area contributed by atoms with Crippen LogP contribution in [0.1, 0.15) is 0 Å². The van der Waals surface area contributed by atoms with Crippen LogP contribution in [-0.2, 0) is 9.13 Å². The molecule has 9 nitrogen and oxygen atoms in total. The molecule has 0 unspecified atom stereocenters. The van der Waals surface area contributed by atoms with Crippen LogP contribution in [0, 0.1) is 0 Å². The number of hydrogen-bond donors (Lipinski definition) is 2. The quantitative estimate of drug-likeness (QED) is 0.323. The largest absolute Gasteiger partial charge is 4.00 e. The van der Waals surface area contributed by atoms with Crippen LogP contribution in [0.15, 0.2) is 0 Å². The SMILES string of the molecule is O.O=P([O-])([O-])O.O=P([O-])([O-])O.[Sn+4]. The van der Waals surface area contributed by atoms with Crippen LogP contribution in [0.4, 0.5) is 0 Å². The summed E-state index contributed by atoms with van der Waals surface area (Å²) >= 11 is 0. The molecule has 0 amide bonds. The molecule has 0 radical (unpaired) electrons. The normalized spacial score (nSPS) is 9.83. The Balaban J connectivity index is -0.0000000457. The van der Waals surface area contributed by atoms with Gasteiger partial charge in [0.25, 0.3) is 0 Å². The molecule has 0 fully saturated rings. The number of rotatable bonds is 0. The van der Waals surface area contributed by atoms with Crippen LogP contribution in [0.5, 0.6) is 0 Å². The van der Waals surface area contributed by atoms with Crippen molar-refractivity contribution in [2.24, 2.45) is 0 Å². The summed E-state index contributed by atoms with van der Waals surface area (Å²) in [5, 5.41) is 0. The molecule has 0 heterocycles. The molecule has 0 aliphatic carbocycles. The Labute approximate surface area is 83.8 Å². The first kappa shape index (κ1) is 23.1. The molecule has 0 aromatic heterocycles. The molecule has 0 saturated heterocycles. The predicted octanol–water partition coefficient (Wildman–Crippen LogP) is -5.59. The van der Waals surface area contributed by atoms with E-state index in [1.165, 1.54) is 0 Å². The zero-order valence-corrected chi connectivity index (χ0v) is 9.88. The standard InChI is InChI=1S/2H3O4P.H2O.Sn/c2*1-5(2,3)4;;/h2*(H3,1,2,3,4);1H2;/q;;;+4/p-4. The van der Waals surface area contributed by atoms with Crippen molar-refractivity contribution in [3.8, 4) is 0 Å². The average Bonchev–Trinajstić information content (AvgIpc) is 1.12. The smallest absolute Gasteiger partial charge is 0.790 e. The molecule has 0 aromatic rings. The summed E-state index contributed by atoms with van der Waals surface area (Å²) in [5.41, 5.74) is 0. The van der Waals surface area contributed by atoms with Crippen LogP contribution < -0.4 is 19.6 Å². The van der Waals surface area contributed by atoms with Gasteiger partial charge in [-0.1, -0.05) is 0 Å². The van der Waals surface area contributed by atoms with Crippen LogP contribution in [-0.4, -0.2) is 39.2 Å². The second kappa shape index (κ2) is 8.57.